The summed E-state index contributed by atoms with van der Waals surface area (Å²) in [4.78, 5) is 15.3. The lowest BCUT2D eigenvalue weighted by molar-refractivity contribution is 0.272. The van der Waals surface area contributed by atoms with Crippen molar-refractivity contribution in [3.63, 3.8) is 0 Å². The fourth-order valence-corrected chi connectivity index (χ4v) is 7.29. The zero-order valence-electron chi connectivity index (χ0n) is 25.7. The summed E-state index contributed by atoms with van der Waals surface area (Å²) in [5, 5.41) is 4.38. The van der Waals surface area contributed by atoms with E-state index in [-0.39, 0.29) is 12.0 Å². The first kappa shape index (κ1) is 26.8. The zero-order chi connectivity index (χ0) is 31.6. The van der Waals surface area contributed by atoms with E-state index in [1.165, 1.54) is 0 Å². The van der Waals surface area contributed by atoms with E-state index in [4.69, 9.17) is 24.1 Å². The second kappa shape index (κ2) is 10.6. The molecule has 226 valence electrons. The van der Waals surface area contributed by atoms with Gasteiger partial charge >= 0.3 is 0 Å². The molecule has 6 aromatic carbocycles. The minimum Gasteiger partial charge on any atom is -0.485 e. The van der Waals surface area contributed by atoms with Crippen LogP contribution in [0.5, 0.6) is 5.75 Å². The van der Waals surface area contributed by atoms with Crippen LogP contribution in [0.25, 0.3) is 66.6 Å². The predicted molar refractivity (Wildman–Crippen MR) is 191 cm³/mol. The van der Waals surface area contributed by atoms with Crippen molar-refractivity contribution in [1.29, 1.82) is 0 Å². The quantitative estimate of drug-likeness (QED) is 0.197. The number of hydrogen-bond acceptors (Lipinski definition) is 5. The van der Waals surface area contributed by atoms with Crippen LogP contribution in [0.2, 0.25) is 0 Å². The third kappa shape index (κ3) is 4.21. The molecule has 0 saturated heterocycles. The highest BCUT2D eigenvalue weighted by molar-refractivity contribution is 6.18. The first-order chi connectivity index (χ1) is 23.8. The molecule has 2 atom stereocenters. The molecule has 48 heavy (non-hydrogen) atoms. The molecule has 1 aliphatic heterocycles. The van der Waals surface area contributed by atoms with Crippen LogP contribution in [0.3, 0.4) is 0 Å². The molecule has 5 nitrogen and oxygen atoms in total. The molecule has 10 rings (SSSR count). The maximum absolute atomic E-state index is 6.69. The Morgan fingerprint density at radius 3 is 1.88 bits per heavy atom. The van der Waals surface area contributed by atoms with E-state index in [1.807, 2.05) is 78.9 Å². The van der Waals surface area contributed by atoms with Gasteiger partial charge in [-0.05, 0) is 46.9 Å². The third-order valence-corrected chi connectivity index (χ3v) is 9.49. The minimum atomic E-state index is -0.231. The van der Waals surface area contributed by atoms with E-state index in [0.29, 0.717) is 17.5 Å². The lowest BCUT2D eigenvalue weighted by Gasteiger charge is -2.25. The summed E-state index contributed by atoms with van der Waals surface area (Å²) in [6, 6.07) is 47.5. The number of para-hydroxylation sites is 2. The van der Waals surface area contributed by atoms with Gasteiger partial charge in [-0.25, -0.2) is 15.0 Å². The summed E-state index contributed by atoms with van der Waals surface area (Å²) in [6.45, 7) is 0. The second-order valence-electron chi connectivity index (χ2n) is 12.3. The number of benzene rings is 6. The standard InChI is InChI=1S/C43H27N3O2/c1-3-13-26(14-4-1)41-44-42(27-15-5-2-6-16-27)46-43(45-41)35-23-28(24-38-39(35)32-20-10-12-22-37(32)47-38)33-25-34-30-18-9-11-21-36(30)48-40(34)31-19-8-7-17-29(31)33/h1-25,38-39H. The van der Waals surface area contributed by atoms with Gasteiger partial charge in [-0.1, -0.05) is 121 Å². The molecular formula is C43H27N3O2. The SMILES string of the molecule is C1=C(c2cc3c4ccccc4oc3c3ccccc23)C=C(c2nc(-c3ccccc3)nc(-c3ccccc3)n2)C2c3ccccc3OC12. The lowest BCUT2D eigenvalue weighted by atomic mass is 9.80. The molecule has 0 spiro atoms. The van der Waals surface area contributed by atoms with Gasteiger partial charge in [-0.3, -0.25) is 0 Å². The molecule has 8 aromatic rings. The molecule has 0 bridgehead atoms. The van der Waals surface area contributed by atoms with E-state index in [2.05, 4.69) is 72.8 Å². The van der Waals surface area contributed by atoms with Gasteiger partial charge in [0.2, 0.25) is 0 Å². The van der Waals surface area contributed by atoms with E-state index < -0.39 is 0 Å². The summed E-state index contributed by atoms with van der Waals surface area (Å²) >= 11 is 0. The van der Waals surface area contributed by atoms with Crippen LogP contribution in [-0.4, -0.2) is 21.1 Å². The van der Waals surface area contributed by atoms with Crippen molar-refractivity contribution in [2.45, 2.75) is 12.0 Å². The van der Waals surface area contributed by atoms with E-state index in [1.54, 1.807) is 0 Å². The van der Waals surface area contributed by atoms with Gasteiger partial charge < -0.3 is 9.15 Å². The van der Waals surface area contributed by atoms with Crippen LogP contribution in [0, 0.1) is 0 Å². The summed E-state index contributed by atoms with van der Waals surface area (Å²) in [5.41, 5.74) is 7.96. The van der Waals surface area contributed by atoms with Crippen LogP contribution in [0.1, 0.15) is 22.9 Å². The van der Waals surface area contributed by atoms with Crippen molar-refractivity contribution in [2.24, 2.45) is 0 Å². The van der Waals surface area contributed by atoms with Crippen LogP contribution in [0.15, 0.2) is 156 Å². The fraction of sp³-hybridized carbons (Fsp3) is 0.0465. The van der Waals surface area contributed by atoms with Gasteiger partial charge in [-0.15, -0.1) is 0 Å². The molecule has 2 aliphatic rings. The molecule has 3 heterocycles. The highest BCUT2D eigenvalue weighted by atomic mass is 16.5. The Morgan fingerprint density at radius 1 is 0.521 bits per heavy atom. The van der Waals surface area contributed by atoms with E-state index in [0.717, 1.165) is 71.9 Å². The first-order valence-corrected chi connectivity index (χ1v) is 16.2. The summed E-state index contributed by atoms with van der Waals surface area (Å²) < 4.78 is 13.1. The van der Waals surface area contributed by atoms with Gasteiger partial charge in [0.25, 0.3) is 0 Å². The Labute approximate surface area is 276 Å². The number of rotatable bonds is 4. The molecule has 0 fully saturated rings. The summed E-state index contributed by atoms with van der Waals surface area (Å²) in [6.07, 6.45) is 4.30. The largest absolute Gasteiger partial charge is 0.485 e. The third-order valence-electron chi connectivity index (χ3n) is 9.49. The molecule has 1 aliphatic carbocycles. The normalized spacial score (nSPS) is 16.8. The molecule has 2 aromatic heterocycles. The number of fused-ring (bicyclic) bond motifs is 8. The summed E-state index contributed by atoms with van der Waals surface area (Å²) in [5.74, 6) is 2.72. The highest BCUT2D eigenvalue weighted by Gasteiger charge is 2.40. The molecule has 0 N–H and O–H groups in total. The Bertz CT molecular complexity index is 2550. The van der Waals surface area contributed by atoms with Crippen molar-refractivity contribution < 1.29 is 9.15 Å². The highest BCUT2D eigenvalue weighted by Crippen LogP contribution is 2.50. The number of hydrogen-bond donors (Lipinski definition) is 0. The number of ether oxygens (including phenoxy) is 1. The average molecular weight is 618 g/mol. The Hall–Kier alpha value is -6.33. The number of furan rings is 1. The lowest BCUT2D eigenvalue weighted by Crippen LogP contribution is -2.22. The minimum absolute atomic E-state index is 0.0793. The van der Waals surface area contributed by atoms with Gasteiger partial charge in [0, 0.05) is 38.4 Å². The van der Waals surface area contributed by atoms with E-state index >= 15 is 0 Å². The van der Waals surface area contributed by atoms with Crippen molar-refractivity contribution in [3.05, 3.63) is 169 Å². The van der Waals surface area contributed by atoms with Crippen LogP contribution < -0.4 is 4.74 Å². The van der Waals surface area contributed by atoms with Crippen LogP contribution >= 0.6 is 0 Å². The first-order valence-electron chi connectivity index (χ1n) is 16.2. The monoisotopic (exact) mass is 617 g/mol. The zero-order valence-corrected chi connectivity index (χ0v) is 25.7. The van der Waals surface area contributed by atoms with Crippen molar-refractivity contribution in [2.75, 3.05) is 0 Å². The fourth-order valence-electron chi connectivity index (χ4n) is 7.29. The number of allylic oxidation sites excluding steroid dienone is 2. The topological polar surface area (TPSA) is 61.0 Å². The molecule has 5 heteroatoms. The summed E-state index contributed by atoms with van der Waals surface area (Å²) in [7, 11) is 0. The van der Waals surface area contributed by atoms with E-state index in [9.17, 15) is 0 Å². The molecule has 0 amide bonds. The number of aromatic nitrogens is 3. The number of nitrogens with zero attached hydrogens (tertiary/aromatic N) is 3. The Balaban J connectivity index is 1.24. The molecule has 0 radical (unpaired) electrons. The molecule has 2 unspecified atom stereocenters. The molecule has 0 saturated carbocycles. The second-order valence-corrected chi connectivity index (χ2v) is 12.3. The molecular weight excluding hydrogens is 590 g/mol. The van der Waals surface area contributed by atoms with Crippen molar-refractivity contribution >= 4 is 43.9 Å². The van der Waals surface area contributed by atoms with Gasteiger partial charge in [0.05, 0.1) is 5.92 Å². The maximum Gasteiger partial charge on any atom is 0.164 e. The predicted octanol–water partition coefficient (Wildman–Crippen LogP) is 10.3. The maximum atomic E-state index is 6.69. The van der Waals surface area contributed by atoms with Gasteiger partial charge in [-0.2, -0.15) is 0 Å². The Kier molecular flexibility index (Phi) is 5.93. The van der Waals surface area contributed by atoms with Gasteiger partial charge in [0.1, 0.15) is 23.0 Å². The van der Waals surface area contributed by atoms with Crippen LogP contribution in [0.4, 0.5) is 0 Å². The Morgan fingerprint density at radius 2 is 1.12 bits per heavy atom. The van der Waals surface area contributed by atoms with Gasteiger partial charge in [0.15, 0.2) is 17.5 Å². The average Bonchev–Trinajstić information content (AvgIpc) is 3.73. The van der Waals surface area contributed by atoms with Crippen LogP contribution in [-0.2, 0) is 0 Å². The van der Waals surface area contributed by atoms with Crippen molar-refractivity contribution in [1.82, 2.24) is 15.0 Å². The smallest absolute Gasteiger partial charge is 0.164 e. The van der Waals surface area contributed by atoms with Crippen molar-refractivity contribution in [3.8, 4) is 28.5 Å².